The quantitative estimate of drug-likeness (QED) is 0.164. The van der Waals surface area contributed by atoms with Gasteiger partial charge in [-0.1, -0.05) is 48.0 Å². The zero-order valence-electron chi connectivity index (χ0n) is 26.1. The van der Waals surface area contributed by atoms with Crippen LogP contribution in [0, 0.1) is 6.92 Å². The van der Waals surface area contributed by atoms with Crippen LogP contribution < -0.4 is 25.6 Å². The van der Waals surface area contributed by atoms with Gasteiger partial charge in [0.2, 0.25) is 15.9 Å². The number of rotatable bonds is 13. The minimum absolute atomic E-state index is 0.133. The van der Waals surface area contributed by atoms with Gasteiger partial charge in [0.05, 0.1) is 24.0 Å². The molecule has 0 aliphatic carbocycles. The Hall–Kier alpha value is -4.00. The van der Waals surface area contributed by atoms with Gasteiger partial charge in [-0.05, 0) is 68.3 Å². The number of carbonyl (C=O) groups is 3. The summed E-state index contributed by atoms with van der Waals surface area (Å²) >= 11 is 1.51. The van der Waals surface area contributed by atoms with Crippen LogP contribution >= 0.6 is 11.3 Å². The van der Waals surface area contributed by atoms with Gasteiger partial charge in [-0.15, -0.1) is 0 Å². The number of nitrogens with zero attached hydrogens (tertiary/aromatic N) is 1. The fraction of sp³-hybridized carbons (Fsp3) is 0.344. The van der Waals surface area contributed by atoms with Crippen molar-refractivity contribution in [2.45, 2.75) is 39.8 Å². The minimum Gasteiger partial charge on any atom is -0.351 e. The van der Waals surface area contributed by atoms with Gasteiger partial charge in [0.15, 0.2) is 0 Å². The third kappa shape index (κ3) is 12.3. The average molecular weight is 642 g/mol. The Balaban J connectivity index is 0.000000843. The zero-order valence-corrected chi connectivity index (χ0v) is 27.8. The molecule has 2 atom stereocenters. The number of anilines is 1. The third-order valence-electron chi connectivity index (χ3n) is 6.45. The molecule has 0 bridgehead atoms. The molecule has 0 saturated heterocycles. The van der Waals surface area contributed by atoms with Gasteiger partial charge in [-0.25, -0.2) is 8.42 Å². The fourth-order valence-electron chi connectivity index (χ4n) is 3.72. The molecule has 44 heavy (non-hydrogen) atoms. The highest BCUT2D eigenvalue weighted by Gasteiger charge is 2.20. The summed E-state index contributed by atoms with van der Waals surface area (Å²) in [5, 5.41) is 15.2. The Bertz CT molecular complexity index is 1510. The number of amides is 3. The van der Waals surface area contributed by atoms with Crippen LogP contribution in [0.15, 0.2) is 77.5 Å². The second kappa shape index (κ2) is 17.3. The van der Waals surface area contributed by atoms with Crippen LogP contribution in [0.3, 0.4) is 0 Å². The smallest absolute Gasteiger partial charge is 0.251 e. The molecule has 10 nitrogen and oxygen atoms in total. The van der Waals surface area contributed by atoms with Crippen molar-refractivity contribution in [3.8, 4) is 0 Å². The Labute approximate surface area is 265 Å². The number of aryl methyl sites for hydroxylation is 1. The molecule has 1 heterocycles. The number of hydrogen-bond acceptors (Lipinski definition) is 7. The van der Waals surface area contributed by atoms with Gasteiger partial charge in [0.25, 0.3) is 11.8 Å². The minimum atomic E-state index is -3.63. The second-order valence-electron chi connectivity index (χ2n) is 10.5. The summed E-state index contributed by atoms with van der Waals surface area (Å²) in [5.74, 6) is -1.10. The predicted octanol–water partition coefficient (Wildman–Crippen LogP) is 4.03. The van der Waals surface area contributed by atoms with E-state index in [-0.39, 0.29) is 35.3 Å². The first kappa shape index (κ1) is 36.2. The van der Waals surface area contributed by atoms with Gasteiger partial charge >= 0.3 is 0 Å². The second-order valence-corrected chi connectivity index (χ2v) is 13.3. The van der Waals surface area contributed by atoms with Crippen molar-refractivity contribution in [2.75, 3.05) is 37.2 Å². The molecule has 0 aliphatic rings. The SMILES string of the molecule is C=C(C)CNC(=O)[C@H](C)NCCNC(=O)c1cc(C(=O)NC(C)c2ccsc2)cc(N(C)S(C)(=O)=O)c1.Cc1ccccc1. The lowest BCUT2D eigenvalue weighted by molar-refractivity contribution is -0.122. The highest BCUT2D eigenvalue weighted by atomic mass is 32.2. The van der Waals surface area contributed by atoms with Crippen molar-refractivity contribution in [3.63, 3.8) is 0 Å². The molecule has 0 fully saturated rings. The molecule has 3 rings (SSSR count). The normalized spacial score (nSPS) is 12.1. The van der Waals surface area contributed by atoms with Gasteiger partial charge in [-0.2, -0.15) is 11.3 Å². The lowest BCUT2D eigenvalue weighted by atomic mass is 10.1. The summed E-state index contributed by atoms with van der Waals surface area (Å²) in [5.41, 5.74) is 3.57. The van der Waals surface area contributed by atoms with Crippen molar-refractivity contribution in [2.24, 2.45) is 0 Å². The van der Waals surface area contributed by atoms with Gasteiger partial charge in [0, 0.05) is 37.8 Å². The summed E-state index contributed by atoms with van der Waals surface area (Å²) in [6.07, 6.45) is 1.04. The van der Waals surface area contributed by atoms with Crippen molar-refractivity contribution in [1.82, 2.24) is 21.3 Å². The van der Waals surface area contributed by atoms with Gasteiger partial charge in [0.1, 0.15) is 0 Å². The first-order chi connectivity index (χ1) is 20.7. The maximum atomic E-state index is 13.0. The molecule has 0 radical (unpaired) electrons. The Morgan fingerprint density at radius 2 is 1.59 bits per heavy atom. The standard InChI is InChI=1S/C25H35N5O5S2.C7H8/c1-16(2)14-28-23(31)18(4)26-8-9-27-24(32)20-11-21(13-22(12-20)30(5)37(6,34)35)25(33)29-17(3)19-7-10-36-15-19;1-7-5-3-2-4-6-7/h7,10-13,15,17-18,26H,1,8-9,14H2,2-6H3,(H,27,32)(H,28,31)(H,29,33);2-6H,1H3/t17?,18-;/m0./s1. The van der Waals surface area contributed by atoms with Crippen LogP contribution in [-0.2, 0) is 14.8 Å². The fourth-order valence-corrected chi connectivity index (χ4v) is 4.96. The molecule has 12 heteroatoms. The lowest BCUT2D eigenvalue weighted by Gasteiger charge is -2.20. The van der Waals surface area contributed by atoms with E-state index in [4.69, 9.17) is 0 Å². The van der Waals surface area contributed by atoms with Crippen LogP contribution in [0.5, 0.6) is 0 Å². The Morgan fingerprint density at radius 1 is 0.955 bits per heavy atom. The van der Waals surface area contributed by atoms with E-state index in [1.54, 1.807) is 6.92 Å². The van der Waals surface area contributed by atoms with Crippen LogP contribution in [0.25, 0.3) is 0 Å². The van der Waals surface area contributed by atoms with Crippen LogP contribution in [0.2, 0.25) is 0 Å². The van der Waals surface area contributed by atoms with E-state index in [2.05, 4.69) is 46.9 Å². The van der Waals surface area contributed by atoms with Crippen LogP contribution in [0.4, 0.5) is 5.69 Å². The largest absolute Gasteiger partial charge is 0.351 e. The van der Waals surface area contributed by atoms with Crippen molar-refractivity contribution in [1.29, 1.82) is 0 Å². The predicted molar refractivity (Wildman–Crippen MR) is 179 cm³/mol. The van der Waals surface area contributed by atoms with E-state index in [1.165, 1.54) is 42.1 Å². The number of carbonyl (C=O) groups excluding carboxylic acids is 3. The zero-order chi connectivity index (χ0) is 32.9. The summed E-state index contributed by atoms with van der Waals surface area (Å²) in [6.45, 7) is 12.1. The van der Waals surface area contributed by atoms with E-state index in [1.807, 2.05) is 48.9 Å². The van der Waals surface area contributed by atoms with Crippen molar-refractivity contribution < 1.29 is 22.8 Å². The summed E-state index contributed by atoms with van der Waals surface area (Å²) in [6, 6.07) is 15.7. The number of thiophene rings is 1. The maximum Gasteiger partial charge on any atom is 0.251 e. The molecule has 1 aromatic heterocycles. The molecule has 238 valence electrons. The summed E-state index contributed by atoms with van der Waals surface area (Å²) < 4.78 is 25.3. The lowest BCUT2D eigenvalue weighted by Crippen LogP contribution is -2.45. The first-order valence-corrected chi connectivity index (χ1v) is 16.9. The molecule has 3 amide bonds. The highest BCUT2D eigenvalue weighted by Crippen LogP contribution is 2.22. The Kier molecular flexibility index (Phi) is 14.3. The number of nitrogens with one attached hydrogen (secondary N) is 4. The van der Waals surface area contributed by atoms with E-state index in [0.29, 0.717) is 13.1 Å². The third-order valence-corrected chi connectivity index (χ3v) is 8.36. The summed E-state index contributed by atoms with van der Waals surface area (Å²) in [7, 11) is -2.28. The monoisotopic (exact) mass is 641 g/mol. The molecule has 1 unspecified atom stereocenters. The molecule has 0 saturated carbocycles. The van der Waals surface area contributed by atoms with E-state index >= 15 is 0 Å². The number of hydrogen-bond donors (Lipinski definition) is 4. The summed E-state index contributed by atoms with van der Waals surface area (Å²) in [4.78, 5) is 37.9. The molecular weight excluding hydrogens is 599 g/mol. The highest BCUT2D eigenvalue weighted by molar-refractivity contribution is 7.92. The maximum absolute atomic E-state index is 13.0. The molecule has 3 aromatic rings. The van der Waals surface area contributed by atoms with Crippen LogP contribution in [0.1, 0.15) is 58.7 Å². The molecular formula is C32H43N5O5S2. The van der Waals surface area contributed by atoms with E-state index in [0.717, 1.165) is 21.7 Å². The van der Waals surface area contributed by atoms with Gasteiger partial charge < -0.3 is 21.3 Å². The van der Waals surface area contributed by atoms with Crippen molar-refractivity contribution >= 4 is 44.8 Å². The average Bonchev–Trinajstić information content (AvgIpc) is 3.53. The topological polar surface area (TPSA) is 137 Å². The van der Waals surface area contributed by atoms with E-state index < -0.39 is 27.9 Å². The van der Waals surface area contributed by atoms with Crippen LogP contribution in [-0.4, -0.2) is 65.1 Å². The number of sulfonamides is 1. The Morgan fingerprint density at radius 3 is 2.11 bits per heavy atom. The first-order valence-electron chi connectivity index (χ1n) is 14.1. The number of benzene rings is 2. The van der Waals surface area contributed by atoms with Gasteiger partial charge in [-0.3, -0.25) is 18.7 Å². The molecule has 0 spiro atoms. The molecule has 0 aliphatic heterocycles. The molecule has 2 aromatic carbocycles. The van der Waals surface area contributed by atoms with Crippen molar-refractivity contribution in [3.05, 3.63) is 99.8 Å². The van der Waals surface area contributed by atoms with E-state index in [9.17, 15) is 22.8 Å². The molecule has 4 N–H and O–H groups in total.